The van der Waals surface area contributed by atoms with E-state index in [1.165, 1.54) is 19.2 Å². The molecular formula is C16H19N3O6S. The molecular weight excluding hydrogens is 362 g/mol. The Hall–Kier alpha value is -2.64. The summed E-state index contributed by atoms with van der Waals surface area (Å²) >= 11 is 0. The van der Waals surface area contributed by atoms with Gasteiger partial charge in [0.1, 0.15) is 16.9 Å². The summed E-state index contributed by atoms with van der Waals surface area (Å²) in [5, 5.41) is 16.8. The number of nitrogens with two attached hydrogens (primary N) is 1. The molecule has 140 valence electrons. The molecule has 2 rings (SSSR count). The molecule has 0 heterocycles. The van der Waals surface area contributed by atoms with Gasteiger partial charge in [-0.3, -0.25) is 4.79 Å². The van der Waals surface area contributed by atoms with Crippen LogP contribution in [0.1, 0.15) is 30.1 Å². The molecule has 0 bridgehead atoms. The maximum atomic E-state index is 12.2. The smallest absolute Gasteiger partial charge is 0.342 e. The fraction of sp³-hybridized carbons (Fsp3) is 0.438. The Bertz CT molecular complexity index is 872. The minimum atomic E-state index is -4.02. The molecule has 26 heavy (non-hydrogen) atoms. The number of rotatable bonds is 7. The number of amides is 1. The first-order chi connectivity index (χ1) is 12.1. The quantitative estimate of drug-likeness (QED) is 0.645. The SMILES string of the molecule is COc1ccc(S(N)(=O)=O)cc1C(=O)OCC(=O)N[C@](C)(C#N)C1CC1. The average Bonchev–Trinajstić information content (AvgIpc) is 3.43. The normalized spacial score (nSPS) is 16.1. The summed E-state index contributed by atoms with van der Waals surface area (Å²) < 4.78 is 32.8. The first kappa shape index (κ1) is 19.7. The van der Waals surface area contributed by atoms with Gasteiger partial charge in [0.25, 0.3) is 5.91 Å². The first-order valence-electron chi connectivity index (χ1n) is 7.71. The van der Waals surface area contributed by atoms with Gasteiger partial charge in [-0.2, -0.15) is 5.26 Å². The number of esters is 1. The second kappa shape index (κ2) is 7.31. The zero-order chi connectivity index (χ0) is 19.5. The summed E-state index contributed by atoms with van der Waals surface area (Å²) in [4.78, 5) is 23.9. The van der Waals surface area contributed by atoms with Crippen molar-refractivity contribution >= 4 is 21.9 Å². The third-order valence-corrected chi connectivity index (χ3v) is 4.99. The lowest BCUT2D eigenvalue weighted by Crippen LogP contribution is -2.48. The lowest BCUT2D eigenvalue weighted by molar-refractivity contribution is -0.125. The number of carbonyl (C=O) groups is 2. The van der Waals surface area contributed by atoms with E-state index in [4.69, 9.17) is 14.6 Å². The van der Waals surface area contributed by atoms with E-state index in [2.05, 4.69) is 11.4 Å². The minimum absolute atomic E-state index is 0.0719. The highest BCUT2D eigenvalue weighted by molar-refractivity contribution is 7.89. The van der Waals surface area contributed by atoms with Crippen molar-refractivity contribution in [3.05, 3.63) is 23.8 Å². The topological polar surface area (TPSA) is 149 Å². The van der Waals surface area contributed by atoms with Gasteiger partial charge in [0.15, 0.2) is 6.61 Å². The standard InChI is InChI=1S/C16H19N3O6S/c1-16(9-17,10-3-4-10)19-14(20)8-25-15(21)12-7-11(26(18,22)23)5-6-13(12)24-2/h5-7,10H,3-4,8H2,1-2H3,(H,19,20)(H2,18,22,23)/t16-/m1/s1. The zero-order valence-electron chi connectivity index (χ0n) is 14.3. The largest absolute Gasteiger partial charge is 0.496 e. The number of nitrogens with one attached hydrogen (secondary N) is 1. The third kappa shape index (κ3) is 4.50. The van der Waals surface area contributed by atoms with Crippen LogP contribution in [-0.2, 0) is 19.6 Å². The predicted molar refractivity (Wildman–Crippen MR) is 89.5 cm³/mol. The molecule has 9 nitrogen and oxygen atoms in total. The molecule has 0 saturated heterocycles. The molecule has 1 aromatic rings. The van der Waals surface area contributed by atoms with Crippen LogP contribution in [0.5, 0.6) is 5.75 Å². The number of ether oxygens (including phenoxy) is 2. The van der Waals surface area contributed by atoms with Crippen molar-refractivity contribution in [1.82, 2.24) is 5.32 Å². The number of benzene rings is 1. The van der Waals surface area contributed by atoms with Gasteiger partial charge in [-0.15, -0.1) is 0 Å². The van der Waals surface area contributed by atoms with Crippen LogP contribution < -0.4 is 15.2 Å². The van der Waals surface area contributed by atoms with E-state index in [1.54, 1.807) is 6.92 Å². The maximum absolute atomic E-state index is 12.2. The number of carbonyl (C=O) groups excluding carboxylic acids is 2. The highest BCUT2D eigenvalue weighted by atomic mass is 32.2. The Balaban J connectivity index is 2.08. The Morgan fingerprint density at radius 1 is 1.42 bits per heavy atom. The number of hydrogen-bond donors (Lipinski definition) is 2. The van der Waals surface area contributed by atoms with Gasteiger partial charge in [-0.05, 0) is 43.9 Å². The summed E-state index contributed by atoms with van der Waals surface area (Å²) in [6, 6.07) is 5.52. The molecule has 1 amide bonds. The van der Waals surface area contributed by atoms with Gasteiger partial charge >= 0.3 is 5.97 Å². The van der Waals surface area contributed by atoms with E-state index in [9.17, 15) is 23.3 Å². The summed E-state index contributed by atoms with van der Waals surface area (Å²) in [5.41, 5.74) is -1.19. The van der Waals surface area contributed by atoms with Crippen LogP contribution in [0.4, 0.5) is 0 Å². The molecule has 0 unspecified atom stereocenters. The van der Waals surface area contributed by atoms with Gasteiger partial charge in [-0.25, -0.2) is 18.4 Å². The molecule has 1 atom stereocenters. The molecule has 0 radical (unpaired) electrons. The Kier molecular flexibility index (Phi) is 5.53. The maximum Gasteiger partial charge on any atom is 0.342 e. The van der Waals surface area contributed by atoms with E-state index < -0.39 is 34.0 Å². The van der Waals surface area contributed by atoms with Gasteiger partial charge in [-0.1, -0.05) is 0 Å². The van der Waals surface area contributed by atoms with Crippen LogP contribution in [0.2, 0.25) is 0 Å². The Morgan fingerprint density at radius 2 is 2.08 bits per heavy atom. The molecule has 3 N–H and O–H groups in total. The zero-order valence-corrected chi connectivity index (χ0v) is 15.1. The van der Waals surface area contributed by atoms with Gasteiger partial charge in [0.2, 0.25) is 10.0 Å². The number of hydrogen-bond acceptors (Lipinski definition) is 7. The predicted octanol–water partition coefficient (Wildman–Crippen LogP) is 0.308. The van der Waals surface area contributed by atoms with Crippen molar-refractivity contribution in [1.29, 1.82) is 5.26 Å². The van der Waals surface area contributed by atoms with Crippen molar-refractivity contribution in [3.63, 3.8) is 0 Å². The lowest BCUT2D eigenvalue weighted by Gasteiger charge is -2.22. The van der Waals surface area contributed by atoms with Crippen molar-refractivity contribution in [2.75, 3.05) is 13.7 Å². The van der Waals surface area contributed by atoms with E-state index in [0.29, 0.717) is 0 Å². The van der Waals surface area contributed by atoms with E-state index in [0.717, 1.165) is 18.9 Å². The highest BCUT2D eigenvalue weighted by Gasteiger charge is 2.43. The second-order valence-electron chi connectivity index (χ2n) is 6.12. The summed E-state index contributed by atoms with van der Waals surface area (Å²) in [7, 11) is -2.73. The molecule has 1 saturated carbocycles. The fourth-order valence-electron chi connectivity index (χ4n) is 2.44. The Morgan fingerprint density at radius 3 is 2.58 bits per heavy atom. The number of nitrogens with zero attached hydrogens (tertiary/aromatic N) is 1. The van der Waals surface area contributed by atoms with E-state index >= 15 is 0 Å². The summed E-state index contributed by atoms with van der Waals surface area (Å²) in [6.45, 7) is 0.995. The van der Waals surface area contributed by atoms with Gasteiger partial charge in [0, 0.05) is 0 Å². The van der Waals surface area contributed by atoms with Crippen LogP contribution in [0.3, 0.4) is 0 Å². The van der Waals surface area contributed by atoms with Crippen LogP contribution >= 0.6 is 0 Å². The Labute approximate surface area is 151 Å². The van der Waals surface area contributed by atoms with Gasteiger partial charge in [0.05, 0.1) is 18.1 Å². The molecule has 10 heteroatoms. The molecule has 1 aliphatic rings. The van der Waals surface area contributed by atoms with Crippen LogP contribution in [0.25, 0.3) is 0 Å². The van der Waals surface area contributed by atoms with E-state index in [-0.39, 0.29) is 22.1 Å². The number of nitriles is 1. The van der Waals surface area contributed by atoms with Crippen LogP contribution in [-0.4, -0.2) is 39.5 Å². The first-order valence-corrected chi connectivity index (χ1v) is 9.25. The molecule has 1 aliphatic carbocycles. The molecule has 0 aromatic heterocycles. The minimum Gasteiger partial charge on any atom is -0.496 e. The summed E-state index contributed by atoms with van der Waals surface area (Å²) in [6.07, 6.45) is 1.70. The lowest BCUT2D eigenvalue weighted by atomic mass is 9.98. The van der Waals surface area contributed by atoms with Crippen molar-refractivity contribution in [2.45, 2.75) is 30.2 Å². The fourth-order valence-corrected chi connectivity index (χ4v) is 2.98. The number of primary sulfonamides is 1. The molecule has 1 fully saturated rings. The highest BCUT2D eigenvalue weighted by Crippen LogP contribution is 2.39. The molecule has 0 aliphatic heterocycles. The van der Waals surface area contributed by atoms with Crippen molar-refractivity contribution in [3.8, 4) is 11.8 Å². The monoisotopic (exact) mass is 381 g/mol. The second-order valence-corrected chi connectivity index (χ2v) is 7.68. The van der Waals surface area contributed by atoms with Crippen LogP contribution in [0, 0.1) is 17.2 Å². The van der Waals surface area contributed by atoms with Gasteiger partial charge < -0.3 is 14.8 Å². The number of sulfonamides is 1. The number of methoxy groups -OCH3 is 1. The van der Waals surface area contributed by atoms with E-state index in [1.807, 2.05) is 0 Å². The average molecular weight is 381 g/mol. The van der Waals surface area contributed by atoms with Crippen LogP contribution in [0.15, 0.2) is 23.1 Å². The molecule has 0 spiro atoms. The van der Waals surface area contributed by atoms with Crippen molar-refractivity contribution < 1.29 is 27.5 Å². The van der Waals surface area contributed by atoms with Crippen molar-refractivity contribution in [2.24, 2.45) is 11.1 Å². The summed E-state index contributed by atoms with van der Waals surface area (Å²) in [5.74, 6) is -1.43. The third-order valence-electron chi connectivity index (χ3n) is 4.08. The molecule has 1 aromatic carbocycles.